The van der Waals surface area contributed by atoms with Gasteiger partial charge in [-0.3, -0.25) is 0 Å². The number of ether oxygens (including phenoxy) is 1. The zero-order chi connectivity index (χ0) is 9.97. The van der Waals surface area contributed by atoms with E-state index in [1.807, 2.05) is 0 Å². The van der Waals surface area contributed by atoms with Gasteiger partial charge in [0.05, 0.1) is 6.61 Å². The SMILES string of the molecule is COCc1cc2c(CN)cccc2s1. The molecule has 1 heterocycles. The Morgan fingerprint density at radius 3 is 3.00 bits per heavy atom. The van der Waals surface area contributed by atoms with Crippen molar-refractivity contribution in [2.75, 3.05) is 7.11 Å². The van der Waals surface area contributed by atoms with E-state index in [1.54, 1.807) is 18.4 Å². The van der Waals surface area contributed by atoms with Crippen molar-refractivity contribution in [2.24, 2.45) is 5.73 Å². The van der Waals surface area contributed by atoms with Gasteiger partial charge in [-0.25, -0.2) is 0 Å². The molecular formula is C11H13NOS. The second-order valence-corrected chi connectivity index (χ2v) is 4.35. The molecule has 0 bridgehead atoms. The van der Waals surface area contributed by atoms with Gasteiger partial charge in [0.25, 0.3) is 0 Å². The van der Waals surface area contributed by atoms with E-state index in [0.29, 0.717) is 13.2 Å². The Labute approximate surface area is 87.3 Å². The summed E-state index contributed by atoms with van der Waals surface area (Å²) in [5, 5.41) is 1.27. The molecule has 0 amide bonds. The minimum atomic E-state index is 0.598. The van der Waals surface area contributed by atoms with Gasteiger partial charge in [-0.2, -0.15) is 0 Å². The summed E-state index contributed by atoms with van der Waals surface area (Å²) < 4.78 is 6.40. The summed E-state index contributed by atoms with van der Waals surface area (Å²) in [6.07, 6.45) is 0. The first-order valence-electron chi connectivity index (χ1n) is 4.54. The molecule has 0 aliphatic rings. The van der Waals surface area contributed by atoms with Crippen LogP contribution in [0.4, 0.5) is 0 Å². The number of hydrogen-bond acceptors (Lipinski definition) is 3. The first-order chi connectivity index (χ1) is 6.85. The van der Waals surface area contributed by atoms with Crippen LogP contribution < -0.4 is 5.73 Å². The molecule has 0 unspecified atom stereocenters. The topological polar surface area (TPSA) is 35.2 Å². The first-order valence-corrected chi connectivity index (χ1v) is 5.36. The molecule has 0 fully saturated rings. The van der Waals surface area contributed by atoms with E-state index in [0.717, 1.165) is 0 Å². The maximum Gasteiger partial charge on any atom is 0.0806 e. The van der Waals surface area contributed by atoms with Gasteiger partial charge in [0.2, 0.25) is 0 Å². The summed E-state index contributed by atoms with van der Waals surface area (Å²) in [4.78, 5) is 1.25. The predicted octanol–water partition coefficient (Wildman–Crippen LogP) is 2.51. The van der Waals surface area contributed by atoms with Crippen molar-refractivity contribution in [3.05, 3.63) is 34.7 Å². The van der Waals surface area contributed by atoms with Crippen LogP contribution in [0.1, 0.15) is 10.4 Å². The monoisotopic (exact) mass is 207 g/mol. The molecule has 14 heavy (non-hydrogen) atoms. The number of methoxy groups -OCH3 is 1. The lowest BCUT2D eigenvalue weighted by molar-refractivity contribution is 0.187. The van der Waals surface area contributed by atoms with Gasteiger partial charge in [-0.1, -0.05) is 12.1 Å². The van der Waals surface area contributed by atoms with Gasteiger partial charge in [0, 0.05) is 23.2 Å². The molecule has 3 heteroatoms. The maximum absolute atomic E-state index is 5.67. The quantitative estimate of drug-likeness (QED) is 0.839. The fourth-order valence-corrected chi connectivity index (χ4v) is 2.65. The molecule has 2 rings (SSSR count). The number of thiophene rings is 1. The minimum Gasteiger partial charge on any atom is -0.379 e. The van der Waals surface area contributed by atoms with E-state index in [2.05, 4.69) is 24.3 Å². The average Bonchev–Trinajstić information content (AvgIpc) is 2.60. The van der Waals surface area contributed by atoms with Crippen LogP contribution in [0.25, 0.3) is 10.1 Å². The molecule has 1 aromatic heterocycles. The van der Waals surface area contributed by atoms with Crippen LogP contribution in [-0.2, 0) is 17.9 Å². The first kappa shape index (κ1) is 9.65. The Bertz CT molecular complexity index is 436. The standard InChI is InChI=1S/C11H13NOS/c1-13-7-9-5-10-8(6-12)3-2-4-11(10)14-9/h2-5H,6-7,12H2,1H3. The minimum absolute atomic E-state index is 0.598. The van der Waals surface area contributed by atoms with E-state index >= 15 is 0 Å². The molecule has 0 saturated carbocycles. The van der Waals surface area contributed by atoms with Gasteiger partial charge in [0.1, 0.15) is 0 Å². The highest BCUT2D eigenvalue weighted by atomic mass is 32.1. The Morgan fingerprint density at radius 1 is 1.43 bits per heavy atom. The van der Waals surface area contributed by atoms with Crippen LogP contribution in [0.2, 0.25) is 0 Å². The van der Waals surface area contributed by atoms with E-state index in [1.165, 1.54) is 20.5 Å². The zero-order valence-corrected chi connectivity index (χ0v) is 8.93. The maximum atomic E-state index is 5.67. The Morgan fingerprint density at radius 2 is 2.29 bits per heavy atom. The summed E-state index contributed by atoms with van der Waals surface area (Å²) in [5.74, 6) is 0. The van der Waals surface area contributed by atoms with Crippen LogP contribution in [0.15, 0.2) is 24.3 Å². The van der Waals surface area contributed by atoms with Crippen LogP contribution in [0.3, 0.4) is 0 Å². The lowest BCUT2D eigenvalue weighted by atomic mass is 10.1. The van der Waals surface area contributed by atoms with Crippen LogP contribution in [0, 0.1) is 0 Å². The summed E-state index contributed by atoms with van der Waals surface area (Å²) in [5.41, 5.74) is 6.88. The zero-order valence-electron chi connectivity index (χ0n) is 8.12. The Balaban J connectivity index is 2.52. The summed E-state index contributed by atoms with van der Waals surface area (Å²) in [7, 11) is 1.72. The molecule has 0 spiro atoms. The van der Waals surface area contributed by atoms with Crippen molar-refractivity contribution in [1.82, 2.24) is 0 Å². The molecule has 74 valence electrons. The van der Waals surface area contributed by atoms with Gasteiger partial charge in [0.15, 0.2) is 0 Å². The fraction of sp³-hybridized carbons (Fsp3) is 0.273. The number of rotatable bonds is 3. The third-order valence-electron chi connectivity index (χ3n) is 2.21. The molecule has 2 N–H and O–H groups in total. The highest BCUT2D eigenvalue weighted by Crippen LogP contribution is 2.28. The molecule has 0 aliphatic heterocycles. The predicted molar refractivity (Wildman–Crippen MR) is 60.4 cm³/mol. The number of benzene rings is 1. The van der Waals surface area contributed by atoms with E-state index in [4.69, 9.17) is 10.5 Å². The smallest absolute Gasteiger partial charge is 0.0806 e. The molecule has 2 aromatic rings. The van der Waals surface area contributed by atoms with Crippen molar-refractivity contribution in [2.45, 2.75) is 13.2 Å². The molecule has 1 aromatic carbocycles. The lowest BCUT2D eigenvalue weighted by Crippen LogP contribution is -1.95. The molecule has 0 atom stereocenters. The second kappa shape index (κ2) is 4.09. The number of hydrogen-bond donors (Lipinski definition) is 1. The number of nitrogens with two attached hydrogens (primary N) is 1. The van der Waals surface area contributed by atoms with Crippen molar-refractivity contribution in [3.63, 3.8) is 0 Å². The highest BCUT2D eigenvalue weighted by Gasteiger charge is 2.04. The van der Waals surface area contributed by atoms with Gasteiger partial charge in [-0.05, 0) is 23.1 Å². The van der Waals surface area contributed by atoms with Crippen molar-refractivity contribution >= 4 is 21.4 Å². The van der Waals surface area contributed by atoms with E-state index in [-0.39, 0.29) is 0 Å². The summed E-state index contributed by atoms with van der Waals surface area (Å²) >= 11 is 1.77. The Kier molecular flexibility index (Phi) is 2.82. The van der Waals surface area contributed by atoms with E-state index < -0.39 is 0 Å². The molecule has 0 aliphatic carbocycles. The molecular weight excluding hydrogens is 194 g/mol. The van der Waals surface area contributed by atoms with Crippen LogP contribution in [-0.4, -0.2) is 7.11 Å². The third kappa shape index (κ3) is 1.66. The van der Waals surface area contributed by atoms with Crippen molar-refractivity contribution in [1.29, 1.82) is 0 Å². The average molecular weight is 207 g/mol. The lowest BCUT2D eigenvalue weighted by Gasteiger charge is -1.96. The van der Waals surface area contributed by atoms with Crippen molar-refractivity contribution < 1.29 is 4.74 Å². The summed E-state index contributed by atoms with van der Waals surface area (Å²) in [6.45, 7) is 1.28. The number of fused-ring (bicyclic) bond motifs is 1. The highest BCUT2D eigenvalue weighted by molar-refractivity contribution is 7.19. The normalized spacial score (nSPS) is 11.0. The van der Waals surface area contributed by atoms with Crippen LogP contribution >= 0.6 is 11.3 Å². The third-order valence-corrected chi connectivity index (χ3v) is 3.28. The molecule has 0 radical (unpaired) electrons. The van der Waals surface area contributed by atoms with Gasteiger partial charge in [-0.15, -0.1) is 11.3 Å². The van der Waals surface area contributed by atoms with Crippen LogP contribution in [0.5, 0.6) is 0 Å². The van der Waals surface area contributed by atoms with Crippen molar-refractivity contribution in [3.8, 4) is 0 Å². The van der Waals surface area contributed by atoms with E-state index in [9.17, 15) is 0 Å². The second-order valence-electron chi connectivity index (χ2n) is 3.18. The van der Waals surface area contributed by atoms with Gasteiger partial charge >= 0.3 is 0 Å². The molecule has 0 saturated heterocycles. The largest absolute Gasteiger partial charge is 0.379 e. The fourth-order valence-electron chi connectivity index (χ4n) is 1.57. The Hall–Kier alpha value is -0.900. The van der Waals surface area contributed by atoms with Gasteiger partial charge < -0.3 is 10.5 Å². The summed E-state index contributed by atoms with van der Waals surface area (Å²) in [6, 6.07) is 8.42. The molecule has 2 nitrogen and oxygen atoms in total.